The fourth-order valence-electron chi connectivity index (χ4n) is 2.37. The Labute approximate surface area is 122 Å². The van der Waals surface area contributed by atoms with Crippen LogP contribution in [0.5, 0.6) is 17.2 Å². The molecule has 5 heteroatoms. The summed E-state index contributed by atoms with van der Waals surface area (Å²) in [4.78, 5) is 4.59. The van der Waals surface area contributed by atoms with Crippen LogP contribution in [-0.4, -0.2) is 28.9 Å². The summed E-state index contributed by atoms with van der Waals surface area (Å²) in [6, 6.07) is 10.9. The van der Waals surface area contributed by atoms with Crippen molar-refractivity contribution >= 4 is 11.0 Å². The second-order valence-corrected chi connectivity index (χ2v) is 4.73. The number of phenolic OH excluding ortho intramolecular Hbond substituents is 1. The topological polar surface area (TPSA) is 56.5 Å². The normalized spacial score (nSPS) is 10.8. The molecule has 0 radical (unpaired) electrons. The molecule has 1 heterocycles. The number of aromatic hydroxyl groups is 1. The van der Waals surface area contributed by atoms with Gasteiger partial charge in [0.25, 0.3) is 0 Å². The molecule has 3 rings (SSSR count). The van der Waals surface area contributed by atoms with Crippen molar-refractivity contribution in [3.05, 3.63) is 36.4 Å². The minimum absolute atomic E-state index is 0.139. The zero-order chi connectivity index (χ0) is 15.0. The molecule has 0 saturated carbocycles. The molecular formula is C16H16N2O3. The van der Waals surface area contributed by atoms with E-state index in [2.05, 4.69) is 4.98 Å². The van der Waals surface area contributed by atoms with E-state index in [1.165, 1.54) is 0 Å². The first-order chi connectivity index (χ1) is 10.1. The molecule has 0 spiro atoms. The number of aromatic nitrogens is 2. The van der Waals surface area contributed by atoms with E-state index in [4.69, 9.17) is 9.47 Å². The molecule has 0 aliphatic heterocycles. The van der Waals surface area contributed by atoms with Crippen molar-refractivity contribution in [2.45, 2.75) is 0 Å². The van der Waals surface area contributed by atoms with Crippen LogP contribution in [0.15, 0.2) is 36.4 Å². The Morgan fingerprint density at radius 1 is 1.00 bits per heavy atom. The molecule has 108 valence electrons. The Kier molecular flexibility index (Phi) is 3.17. The minimum Gasteiger partial charge on any atom is -0.507 e. The fraction of sp³-hybridized carbons (Fsp3) is 0.188. The van der Waals surface area contributed by atoms with E-state index in [0.29, 0.717) is 17.1 Å². The van der Waals surface area contributed by atoms with Gasteiger partial charge in [-0.25, -0.2) is 4.98 Å². The van der Waals surface area contributed by atoms with Crippen molar-refractivity contribution in [2.75, 3.05) is 14.2 Å². The number of rotatable bonds is 3. The van der Waals surface area contributed by atoms with Crippen molar-refractivity contribution < 1.29 is 14.6 Å². The standard InChI is InChI=1S/C16H16N2O3/c1-18-14-7-5-10(20-2)8-13(14)17-16(18)12-6-4-11(21-3)9-15(12)19/h4-9,19H,1-3H3. The van der Waals surface area contributed by atoms with Crippen LogP contribution < -0.4 is 9.47 Å². The lowest BCUT2D eigenvalue weighted by atomic mass is 10.2. The van der Waals surface area contributed by atoms with E-state index >= 15 is 0 Å². The van der Waals surface area contributed by atoms with E-state index in [9.17, 15) is 5.11 Å². The van der Waals surface area contributed by atoms with Gasteiger partial charge in [0.2, 0.25) is 0 Å². The number of ether oxygens (including phenoxy) is 2. The van der Waals surface area contributed by atoms with Gasteiger partial charge in [0.05, 0.1) is 30.8 Å². The monoisotopic (exact) mass is 284 g/mol. The Bertz CT molecular complexity index is 809. The number of phenols is 1. The molecule has 3 aromatic rings. The Hall–Kier alpha value is -2.69. The zero-order valence-corrected chi connectivity index (χ0v) is 12.1. The third-order valence-electron chi connectivity index (χ3n) is 3.53. The van der Waals surface area contributed by atoms with Crippen LogP contribution in [-0.2, 0) is 7.05 Å². The lowest BCUT2D eigenvalue weighted by molar-refractivity contribution is 0.408. The van der Waals surface area contributed by atoms with Crippen molar-refractivity contribution in [2.24, 2.45) is 7.05 Å². The first-order valence-electron chi connectivity index (χ1n) is 6.52. The molecule has 5 nitrogen and oxygen atoms in total. The summed E-state index contributed by atoms with van der Waals surface area (Å²) in [6.45, 7) is 0. The predicted molar refractivity (Wildman–Crippen MR) is 80.9 cm³/mol. The smallest absolute Gasteiger partial charge is 0.144 e. The lowest BCUT2D eigenvalue weighted by Crippen LogP contribution is -1.93. The summed E-state index contributed by atoms with van der Waals surface area (Å²) in [5, 5.41) is 10.2. The highest BCUT2D eigenvalue weighted by atomic mass is 16.5. The molecule has 0 bridgehead atoms. The van der Waals surface area contributed by atoms with E-state index in [1.807, 2.05) is 29.8 Å². The number of fused-ring (bicyclic) bond motifs is 1. The van der Waals surface area contributed by atoms with Crippen molar-refractivity contribution in [1.82, 2.24) is 9.55 Å². The minimum atomic E-state index is 0.139. The molecular weight excluding hydrogens is 268 g/mol. The van der Waals surface area contributed by atoms with Crippen LogP contribution in [0.4, 0.5) is 0 Å². The summed E-state index contributed by atoms with van der Waals surface area (Å²) in [6.07, 6.45) is 0. The van der Waals surface area contributed by atoms with Crippen LogP contribution in [0.1, 0.15) is 0 Å². The quantitative estimate of drug-likeness (QED) is 0.803. The third-order valence-corrected chi connectivity index (χ3v) is 3.53. The number of imidazole rings is 1. The van der Waals surface area contributed by atoms with Gasteiger partial charge in [-0.3, -0.25) is 0 Å². The van der Waals surface area contributed by atoms with Gasteiger partial charge in [0.15, 0.2) is 0 Å². The van der Waals surface area contributed by atoms with Crippen LogP contribution in [0.25, 0.3) is 22.4 Å². The second-order valence-electron chi connectivity index (χ2n) is 4.73. The van der Waals surface area contributed by atoms with Gasteiger partial charge in [-0.1, -0.05) is 0 Å². The maximum atomic E-state index is 10.2. The van der Waals surface area contributed by atoms with Gasteiger partial charge in [0, 0.05) is 19.2 Å². The second kappa shape index (κ2) is 5.01. The van der Waals surface area contributed by atoms with Gasteiger partial charge >= 0.3 is 0 Å². The highest BCUT2D eigenvalue weighted by Gasteiger charge is 2.14. The van der Waals surface area contributed by atoms with E-state index in [-0.39, 0.29) is 5.75 Å². The maximum absolute atomic E-state index is 10.2. The van der Waals surface area contributed by atoms with E-state index in [0.717, 1.165) is 16.8 Å². The molecule has 0 atom stereocenters. The molecule has 0 fully saturated rings. The molecule has 1 aromatic heterocycles. The summed E-state index contributed by atoms with van der Waals surface area (Å²) in [5.74, 6) is 2.20. The average Bonchev–Trinajstić information content (AvgIpc) is 2.83. The van der Waals surface area contributed by atoms with E-state index in [1.54, 1.807) is 32.4 Å². The molecule has 0 saturated heterocycles. The van der Waals surface area contributed by atoms with Crippen LogP contribution in [0.2, 0.25) is 0 Å². The van der Waals surface area contributed by atoms with Crippen LogP contribution >= 0.6 is 0 Å². The Balaban J connectivity index is 2.18. The molecule has 0 aliphatic carbocycles. The predicted octanol–water partition coefficient (Wildman–Crippen LogP) is 2.96. The number of hydrogen-bond acceptors (Lipinski definition) is 4. The van der Waals surface area contributed by atoms with E-state index < -0.39 is 0 Å². The summed E-state index contributed by atoms with van der Waals surface area (Å²) in [5.41, 5.74) is 2.46. The van der Waals surface area contributed by atoms with Gasteiger partial charge in [-0.15, -0.1) is 0 Å². The Morgan fingerprint density at radius 3 is 2.33 bits per heavy atom. The third kappa shape index (κ3) is 2.16. The van der Waals surface area contributed by atoms with Gasteiger partial charge < -0.3 is 19.1 Å². The first kappa shape index (κ1) is 13.3. The highest BCUT2D eigenvalue weighted by molar-refractivity contribution is 5.83. The van der Waals surface area contributed by atoms with Crippen LogP contribution in [0, 0.1) is 0 Å². The molecule has 21 heavy (non-hydrogen) atoms. The number of methoxy groups -OCH3 is 2. The van der Waals surface area contributed by atoms with Gasteiger partial charge in [0.1, 0.15) is 23.1 Å². The van der Waals surface area contributed by atoms with Crippen molar-refractivity contribution in [3.8, 4) is 28.6 Å². The molecule has 0 amide bonds. The summed E-state index contributed by atoms with van der Waals surface area (Å²) >= 11 is 0. The highest BCUT2D eigenvalue weighted by Crippen LogP contribution is 2.33. The summed E-state index contributed by atoms with van der Waals surface area (Å²) in [7, 11) is 5.11. The fourth-order valence-corrected chi connectivity index (χ4v) is 2.37. The number of nitrogens with zero attached hydrogens (tertiary/aromatic N) is 2. The first-order valence-corrected chi connectivity index (χ1v) is 6.52. The average molecular weight is 284 g/mol. The molecule has 1 N–H and O–H groups in total. The number of aryl methyl sites for hydroxylation is 1. The maximum Gasteiger partial charge on any atom is 0.144 e. The number of hydrogen-bond donors (Lipinski definition) is 1. The largest absolute Gasteiger partial charge is 0.507 e. The zero-order valence-electron chi connectivity index (χ0n) is 12.1. The molecule has 0 aliphatic rings. The number of benzene rings is 2. The SMILES string of the molecule is COc1ccc(-c2nc3cc(OC)ccc3n2C)c(O)c1. The molecule has 2 aromatic carbocycles. The summed E-state index contributed by atoms with van der Waals surface area (Å²) < 4.78 is 12.3. The molecule has 0 unspecified atom stereocenters. The van der Waals surface area contributed by atoms with Crippen molar-refractivity contribution in [3.63, 3.8) is 0 Å². The van der Waals surface area contributed by atoms with Crippen molar-refractivity contribution in [1.29, 1.82) is 0 Å². The van der Waals surface area contributed by atoms with Gasteiger partial charge in [-0.2, -0.15) is 0 Å². The lowest BCUT2D eigenvalue weighted by Gasteiger charge is -2.07. The van der Waals surface area contributed by atoms with Crippen LogP contribution in [0.3, 0.4) is 0 Å². The Morgan fingerprint density at radius 2 is 1.67 bits per heavy atom. The van der Waals surface area contributed by atoms with Gasteiger partial charge in [-0.05, 0) is 24.3 Å².